The normalized spacial score (nSPS) is 11.8. The number of hydrogen-bond donors (Lipinski definition) is 1. The molecule has 10 heteroatoms. The lowest BCUT2D eigenvalue weighted by Crippen LogP contribution is -2.27. The van der Waals surface area contributed by atoms with Crippen LogP contribution >= 0.6 is 11.8 Å². The predicted molar refractivity (Wildman–Crippen MR) is 166 cm³/mol. The highest BCUT2D eigenvalue weighted by Crippen LogP contribution is 2.44. The van der Waals surface area contributed by atoms with E-state index < -0.39 is 0 Å². The number of nitrogens with two attached hydrogens (primary N) is 1. The van der Waals surface area contributed by atoms with Gasteiger partial charge in [0.25, 0.3) is 0 Å². The number of aryl methyl sites for hydroxylation is 2. The summed E-state index contributed by atoms with van der Waals surface area (Å²) in [7, 11) is 4.46. The SMILES string of the molecule is COc1cc(-c2c(C#N)c(N)nc(SCCC(=O)N3c4ccccc4CCc4ccccc43)c2C#N)cc(OC)c1OC. The number of nitrogen functional groups attached to an aromatic ring is 1. The van der Waals surface area contributed by atoms with Crippen molar-refractivity contribution in [3.8, 4) is 40.5 Å². The summed E-state index contributed by atoms with van der Waals surface area (Å²) in [4.78, 5) is 20.0. The van der Waals surface area contributed by atoms with E-state index in [-0.39, 0.29) is 29.3 Å². The molecule has 0 bridgehead atoms. The van der Waals surface area contributed by atoms with Crippen LogP contribution in [0.5, 0.6) is 17.2 Å². The number of carbonyl (C=O) groups is 1. The van der Waals surface area contributed by atoms with E-state index >= 15 is 0 Å². The standard InChI is InChI=1S/C33H29N5O4S/c1-40-27-16-22(17-28(41-2)31(27)42-3)30-23(18-34)32(36)37-33(24(30)19-35)43-15-14-29(39)38-25-10-6-4-8-20(25)12-13-21-9-5-7-11-26(21)38/h4-11,16-17H,12-15H2,1-3H3,(H2,36,37). The lowest BCUT2D eigenvalue weighted by molar-refractivity contribution is -0.117. The van der Waals surface area contributed by atoms with Crippen LogP contribution in [0.1, 0.15) is 28.7 Å². The number of anilines is 3. The Kier molecular flexibility index (Phi) is 8.70. The largest absolute Gasteiger partial charge is 0.493 e. The van der Waals surface area contributed by atoms with E-state index in [4.69, 9.17) is 19.9 Å². The molecule has 2 N–H and O–H groups in total. The predicted octanol–water partition coefficient (Wildman–Crippen LogP) is 6.05. The molecule has 0 saturated carbocycles. The molecule has 0 atom stereocenters. The minimum absolute atomic E-state index is 0.0190. The maximum atomic E-state index is 13.8. The van der Waals surface area contributed by atoms with E-state index in [1.165, 1.54) is 33.1 Å². The van der Waals surface area contributed by atoms with Gasteiger partial charge in [0, 0.05) is 17.7 Å². The van der Waals surface area contributed by atoms with Gasteiger partial charge < -0.3 is 19.9 Å². The Bertz CT molecular complexity index is 1720. The number of fused-ring (bicyclic) bond motifs is 2. The second kappa shape index (κ2) is 12.8. The van der Waals surface area contributed by atoms with E-state index in [0.717, 1.165) is 35.3 Å². The lowest BCUT2D eigenvalue weighted by Gasteiger charge is -2.25. The van der Waals surface area contributed by atoms with Crippen LogP contribution < -0.4 is 24.8 Å². The van der Waals surface area contributed by atoms with Gasteiger partial charge in [0.05, 0.1) is 38.3 Å². The molecular formula is C33H29N5O4S. The van der Waals surface area contributed by atoms with Gasteiger partial charge in [0.1, 0.15) is 28.5 Å². The van der Waals surface area contributed by atoms with Crippen molar-refractivity contribution in [1.82, 2.24) is 4.98 Å². The minimum atomic E-state index is -0.0701. The fraction of sp³-hybridized carbons (Fsp3) is 0.212. The van der Waals surface area contributed by atoms with Gasteiger partial charge >= 0.3 is 0 Å². The number of aromatic nitrogens is 1. The summed E-state index contributed by atoms with van der Waals surface area (Å²) < 4.78 is 16.4. The van der Waals surface area contributed by atoms with Crippen LogP contribution in [0, 0.1) is 22.7 Å². The highest BCUT2D eigenvalue weighted by Gasteiger charge is 2.27. The molecule has 0 spiro atoms. The first-order valence-corrected chi connectivity index (χ1v) is 14.5. The maximum Gasteiger partial charge on any atom is 0.232 e. The first-order chi connectivity index (χ1) is 20.9. The third-order valence-electron chi connectivity index (χ3n) is 7.30. The summed E-state index contributed by atoms with van der Waals surface area (Å²) in [5.41, 5.74) is 11.2. The van der Waals surface area contributed by atoms with Crippen LogP contribution in [0.4, 0.5) is 17.2 Å². The molecule has 5 rings (SSSR count). The number of nitriles is 2. The summed E-state index contributed by atoms with van der Waals surface area (Å²) in [5, 5.41) is 20.6. The van der Waals surface area contributed by atoms with Crippen molar-refractivity contribution in [2.24, 2.45) is 0 Å². The first-order valence-electron chi connectivity index (χ1n) is 13.5. The molecule has 1 amide bonds. The number of hydrogen-bond acceptors (Lipinski definition) is 9. The molecule has 4 aromatic rings. The Balaban J connectivity index is 1.49. The van der Waals surface area contributed by atoms with E-state index in [0.29, 0.717) is 39.2 Å². The Morgan fingerprint density at radius 3 is 1.98 bits per heavy atom. The average Bonchev–Trinajstić information content (AvgIpc) is 3.20. The van der Waals surface area contributed by atoms with Crippen molar-refractivity contribution in [2.75, 3.05) is 37.7 Å². The minimum Gasteiger partial charge on any atom is -0.493 e. The van der Waals surface area contributed by atoms with Gasteiger partial charge in [-0.15, -0.1) is 11.8 Å². The Hall–Kier alpha value is -5.19. The third kappa shape index (κ3) is 5.53. The fourth-order valence-corrected chi connectivity index (χ4v) is 6.24. The number of rotatable bonds is 8. The highest BCUT2D eigenvalue weighted by molar-refractivity contribution is 7.99. The van der Waals surface area contributed by atoms with Crippen LogP contribution in [0.15, 0.2) is 65.7 Å². The Morgan fingerprint density at radius 2 is 1.47 bits per heavy atom. The molecule has 1 aliphatic rings. The molecule has 1 aliphatic heterocycles. The molecule has 0 unspecified atom stereocenters. The fourth-order valence-electron chi connectivity index (χ4n) is 5.31. The van der Waals surface area contributed by atoms with Gasteiger partial charge in [-0.05, 0) is 53.8 Å². The maximum absolute atomic E-state index is 13.8. The zero-order chi connectivity index (χ0) is 30.5. The Labute approximate surface area is 254 Å². The van der Waals surface area contributed by atoms with E-state index in [1.807, 2.05) is 36.4 Å². The second-order valence-corrected chi connectivity index (χ2v) is 10.7. The quantitative estimate of drug-likeness (QED) is 0.243. The smallest absolute Gasteiger partial charge is 0.232 e. The van der Waals surface area contributed by atoms with Gasteiger partial charge in [-0.25, -0.2) is 4.98 Å². The summed E-state index contributed by atoms with van der Waals surface area (Å²) in [5.74, 6) is 1.34. The van der Waals surface area contributed by atoms with Crippen molar-refractivity contribution >= 4 is 34.9 Å². The molecule has 0 radical (unpaired) electrons. The average molecular weight is 592 g/mol. The summed E-state index contributed by atoms with van der Waals surface area (Å²) in [6, 6.07) is 23.5. The molecule has 9 nitrogen and oxygen atoms in total. The molecule has 2 heterocycles. The zero-order valence-corrected chi connectivity index (χ0v) is 24.8. The number of methoxy groups -OCH3 is 3. The van der Waals surface area contributed by atoms with Gasteiger partial charge in [0.2, 0.25) is 11.7 Å². The van der Waals surface area contributed by atoms with Crippen molar-refractivity contribution in [3.05, 3.63) is 82.9 Å². The van der Waals surface area contributed by atoms with Gasteiger partial charge in [-0.1, -0.05) is 36.4 Å². The van der Waals surface area contributed by atoms with Crippen molar-refractivity contribution < 1.29 is 19.0 Å². The van der Waals surface area contributed by atoms with Crippen LogP contribution in [0.25, 0.3) is 11.1 Å². The van der Waals surface area contributed by atoms with E-state index in [2.05, 4.69) is 29.3 Å². The van der Waals surface area contributed by atoms with Gasteiger partial charge in [0.15, 0.2) is 11.5 Å². The molecule has 1 aromatic heterocycles. The molecule has 216 valence electrons. The monoisotopic (exact) mass is 591 g/mol. The first kappa shape index (κ1) is 29.3. The summed E-state index contributed by atoms with van der Waals surface area (Å²) in [6.07, 6.45) is 1.87. The van der Waals surface area contributed by atoms with Crippen molar-refractivity contribution in [2.45, 2.75) is 24.3 Å². The number of nitrogens with zero attached hydrogens (tertiary/aromatic N) is 4. The summed E-state index contributed by atoms with van der Waals surface area (Å²) in [6.45, 7) is 0. The number of ether oxygens (including phenoxy) is 3. The van der Waals surface area contributed by atoms with Crippen LogP contribution in [-0.2, 0) is 17.6 Å². The molecule has 43 heavy (non-hydrogen) atoms. The third-order valence-corrected chi connectivity index (χ3v) is 8.28. The molecule has 0 aliphatic carbocycles. The number of para-hydroxylation sites is 2. The topological polar surface area (TPSA) is 134 Å². The van der Waals surface area contributed by atoms with Crippen molar-refractivity contribution in [1.29, 1.82) is 10.5 Å². The molecule has 0 fully saturated rings. The number of benzene rings is 3. The van der Waals surface area contributed by atoms with Gasteiger partial charge in [-0.2, -0.15) is 10.5 Å². The van der Waals surface area contributed by atoms with E-state index in [9.17, 15) is 15.3 Å². The number of amides is 1. The van der Waals surface area contributed by atoms with E-state index in [1.54, 1.807) is 17.0 Å². The number of carbonyl (C=O) groups excluding carboxylic acids is 1. The second-order valence-electron chi connectivity index (χ2n) is 9.65. The summed E-state index contributed by atoms with van der Waals surface area (Å²) >= 11 is 1.24. The molecule has 3 aromatic carbocycles. The van der Waals surface area contributed by atoms with Crippen LogP contribution in [0.3, 0.4) is 0 Å². The van der Waals surface area contributed by atoms with Gasteiger partial charge in [-0.3, -0.25) is 9.69 Å². The number of pyridine rings is 1. The molecule has 0 saturated heterocycles. The van der Waals surface area contributed by atoms with Crippen molar-refractivity contribution in [3.63, 3.8) is 0 Å². The molecular weight excluding hydrogens is 562 g/mol. The zero-order valence-electron chi connectivity index (χ0n) is 24.0. The lowest BCUT2D eigenvalue weighted by atomic mass is 9.96. The van der Waals surface area contributed by atoms with Crippen LogP contribution in [-0.4, -0.2) is 38.0 Å². The Morgan fingerprint density at radius 1 is 0.907 bits per heavy atom. The number of thioether (sulfide) groups is 1. The highest BCUT2D eigenvalue weighted by atomic mass is 32.2. The van der Waals surface area contributed by atoms with Crippen LogP contribution in [0.2, 0.25) is 0 Å².